The molecule has 2 N–H and O–H groups in total. The second-order valence-electron chi connectivity index (χ2n) is 3.93. The van der Waals surface area contributed by atoms with Gasteiger partial charge in [0.25, 0.3) is 5.91 Å². The van der Waals surface area contributed by atoms with E-state index in [2.05, 4.69) is 5.32 Å². The Morgan fingerprint density at radius 1 is 1.42 bits per heavy atom. The zero-order chi connectivity index (χ0) is 14.4. The summed E-state index contributed by atoms with van der Waals surface area (Å²) in [5.41, 5.74) is 0. The van der Waals surface area contributed by atoms with E-state index >= 15 is 0 Å². The average Bonchev–Trinajstić information content (AvgIpc) is 2.26. The Hall–Kier alpha value is -1.46. The number of hydrogen-bond donors (Lipinski definition) is 2. The minimum absolute atomic E-state index is 0.145. The Kier molecular flexibility index (Phi) is 5.92. The molecule has 0 saturated carbocycles. The highest BCUT2D eigenvalue weighted by atomic mass is 35.5. The van der Waals surface area contributed by atoms with Crippen LogP contribution in [0, 0.1) is 0 Å². The third-order valence-corrected chi connectivity index (χ3v) is 2.67. The van der Waals surface area contributed by atoms with Crippen molar-refractivity contribution in [2.45, 2.75) is 19.4 Å². The average molecular weight is 306 g/mol. The van der Waals surface area contributed by atoms with E-state index in [-0.39, 0.29) is 13.0 Å². The van der Waals surface area contributed by atoms with Gasteiger partial charge in [0.05, 0.1) is 11.4 Å². The van der Waals surface area contributed by atoms with E-state index in [1.807, 2.05) is 0 Å². The monoisotopic (exact) mass is 305 g/mol. The van der Waals surface area contributed by atoms with Crippen molar-refractivity contribution in [2.75, 3.05) is 6.61 Å². The second kappa shape index (κ2) is 7.21. The van der Waals surface area contributed by atoms with Crippen LogP contribution in [0.3, 0.4) is 0 Å². The molecule has 0 saturated heterocycles. The molecule has 0 radical (unpaired) electrons. The molecule has 0 heterocycles. The largest absolute Gasteiger partial charge is 0.482 e. The van der Waals surface area contributed by atoms with Crippen LogP contribution in [0.4, 0.5) is 0 Å². The molecule has 0 bridgehead atoms. The summed E-state index contributed by atoms with van der Waals surface area (Å²) in [6.45, 7) is 1.35. The zero-order valence-corrected chi connectivity index (χ0v) is 11.7. The van der Waals surface area contributed by atoms with Crippen molar-refractivity contribution in [2.24, 2.45) is 0 Å². The number of carbonyl (C=O) groups excluding carboxylic acids is 1. The van der Waals surface area contributed by atoms with Crippen LogP contribution in [0.2, 0.25) is 10.0 Å². The third-order valence-electron chi connectivity index (χ3n) is 2.14. The number of rotatable bonds is 6. The number of carboxylic acids is 1. The van der Waals surface area contributed by atoms with Gasteiger partial charge in [0.1, 0.15) is 5.75 Å². The van der Waals surface area contributed by atoms with E-state index in [1.165, 1.54) is 6.07 Å². The number of hydrogen-bond acceptors (Lipinski definition) is 3. The molecule has 0 fully saturated rings. The maximum Gasteiger partial charge on any atom is 0.305 e. The quantitative estimate of drug-likeness (QED) is 0.846. The van der Waals surface area contributed by atoms with Gasteiger partial charge in [-0.2, -0.15) is 0 Å². The predicted octanol–water partition coefficient (Wildman–Crippen LogP) is 2.35. The summed E-state index contributed by atoms with van der Waals surface area (Å²) >= 11 is 11.6. The minimum Gasteiger partial charge on any atom is -0.482 e. The molecule has 0 aliphatic rings. The molecule has 1 atom stereocenters. The van der Waals surface area contributed by atoms with Crippen LogP contribution in [0.25, 0.3) is 0 Å². The molecule has 1 rings (SSSR count). The van der Waals surface area contributed by atoms with Gasteiger partial charge in [-0.05, 0) is 25.1 Å². The fourth-order valence-electron chi connectivity index (χ4n) is 1.37. The van der Waals surface area contributed by atoms with Crippen molar-refractivity contribution in [3.8, 4) is 5.75 Å². The Bertz CT molecular complexity index is 479. The number of nitrogens with one attached hydrogen (secondary N) is 1. The molecule has 0 aliphatic heterocycles. The first-order valence-electron chi connectivity index (χ1n) is 5.47. The first-order valence-corrected chi connectivity index (χ1v) is 6.23. The van der Waals surface area contributed by atoms with Crippen molar-refractivity contribution in [3.63, 3.8) is 0 Å². The summed E-state index contributed by atoms with van der Waals surface area (Å²) in [7, 11) is 0. The summed E-state index contributed by atoms with van der Waals surface area (Å²) in [4.78, 5) is 21.9. The lowest BCUT2D eigenvalue weighted by Crippen LogP contribution is -2.37. The maximum atomic E-state index is 11.5. The van der Waals surface area contributed by atoms with E-state index < -0.39 is 17.9 Å². The number of carboxylic acid groups (broad SMARTS) is 1. The van der Waals surface area contributed by atoms with Crippen LogP contribution in [0.5, 0.6) is 5.75 Å². The number of halogens is 2. The highest BCUT2D eigenvalue weighted by Crippen LogP contribution is 2.27. The topological polar surface area (TPSA) is 75.6 Å². The molecule has 5 nitrogen and oxygen atoms in total. The lowest BCUT2D eigenvalue weighted by atomic mass is 10.2. The Balaban J connectivity index is 2.43. The molecule has 1 unspecified atom stereocenters. The van der Waals surface area contributed by atoms with Crippen molar-refractivity contribution < 1.29 is 19.4 Å². The second-order valence-corrected chi connectivity index (χ2v) is 4.77. The van der Waals surface area contributed by atoms with E-state index in [1.54, 1.807) is 19.1 Å². The highest BCUT2D eigenvalue weighted by molar-refractivity contribution is 6.35. The van der Waals surface area contributed by atoms with E-state index in [0.717, 1.165) is 0 Å². The molecule has 0 aliphatic carbocycles. The number of amides is 1. The fraction of sp³-hybridized carbons (Fsp3) is 0.333. The standard InChI is InChI=1S/C12H13Cl2NO4/c1-7(4-12(17)18)15-11(16)6-19-10-3-2-8(13)5-9(10)14/h2-3,5,7H,4,6H2,1H3,(H,15,16)(H,17,18). The number of benzene rings is 1. The van der Waals surface area contributed by atoms with Crippen LogP contribution in [-0.2, 0) is 9.59 Å². The predicted molar refractivity (Wildman–Crippen MR) is 71.8 cm³/mol. The maximum absolute atomic E-state index is 11.5. The zero-order valence-electron chi connectivity index (χ0n) is 10.2. The molecule has 1 amide bonds. The van der Waals surface area contributed by atoms with Crippen LogP contribution < -0.4 is 10.1 Å². The first-order chi connectivity index (χ1) is 8.88. The van der Waals surface area contributed by atoms with Crippen molar-refractivity contribution in [1.29, 1.82) is 0 Å². The highest BCUT2D eigenvalue weighted by Gasteiger charge is 2.12. The molecule has 0 aromatic heterocycles. The Morgan fingerprint density at radius 2 is 2.11 bits per heavy atom. The van der Waals surface area contributed by atoms with Crippen molar-refractivity contribution >= 4 is 35.1 Å². The fourth-order valence-corrected chi connectivity index (χ4v) is 1.83. The molecule has 104 valence electrons. The van der Waals surface area contributed by atoms with Crippen LogP contribution in [0.15, 0.2) is 18.2 Å². The molecule has 19 heavy (non-hydrogen) atoms. The SMILES string of the molecule is CC(CC(=O)O)NC(=O)COc1ccc(Cl)cc1Cl. The molecular weight excluding hydrogens is 293 g/mol. The van der Waals surface area contributed by atoms with Crippen LogP contribution in [0.1, 0.15) is 13.3 Å². The lowest BCUT2D eigenvalue weighted by Gasteiger charge is -2.12. The summed E-state index contributed by atoms with van der Waals surface area (Å²) in [5.74, 6) is -1.05. The Morgan fingerprint density at radius 3 is 2.68 bits per heavy atom. The van der Waals surface area contributed by atoms with E-state index in [0.29, 0.717) is 15.8 Å². The molecule has 7 heteroatoms. The van der Waals surface area contributed by atoms with E-state index in [9.17, 15) is 9.59 Å². The molecule has 1 aromatic rings. The Labute approximate surface area is 120 Å². The van der Waals surface area contributed by atoms with Gasteiger partial charge in [-0.25, -0.2) is 0 Å². The van der Waals surface area contributed by atoms with Gasteiger partial charge in [-0.1, -0.05) is 23.2 Å². The summed E-state index contributed by atoms with van der Waals surface area (Å²) < 4.78 is 5.21. The smallest absolute Gasteiger partial charge is 0.305 e. The first kappa shape index (κ1) is 15.6. The summed E-state index contributed by atoms with van der Waals surface area (Å²) in [6.07, 6.45) is -0.145. The number of ether oxygens (including phenoxy) is 1. The van der Waals surface area contributed by atoms with Gasteiger partial charge < -0.3 is 15.2 Å². The minimum atomic E-state index is -0.977. The number of aliphatic carboxylic acids is 1. The van der Waals surface area contributed by atoms with Crippen molar-refractivity contribution in [3.05, 3.63) is 28.2 Å². The van der Waals surface area contributed by atoms with Crippen molar-refractivity contribution in [1.82, 2.24) is 5.32 Å². The summed E-state index contributed by atoms with van der Waals surface area (Å²) in [5, 5.41) is 11.8. The van der Waals surface area contributed by atoms with Gasteiger partial charge in [-0.3, -0.25) is 9.59 Å². The van der Waals surface area contributed by atoms with Gasteiger partial charge in [0, 0.05) is 11.1 Å². The van der Waals surface area contributed by atoms with Gasteiger partial charge >= 0.3 is 5.97 Å². The number of carbonyl (C=O) groups is 2. The lowest BCUT2D eigenvalue weighted by molar-refractivity contribution is -0.137. The summed E-state index contributed by atoms with van der Waals surface area (Å²) in [6, 6.07) is 4.18. The molecular formula is C12H13Cl2NO4. The van der Waals surface area contributed by atoms with Crippen LogP contribution >= 0.6 is 23.2 Å². The van der Waals surface area contributed by atoms with Gasteiger partial charge in [-0.15, -0.1) is 0 Å². The van der Waals surface area contributed by atoms with E-state index in [4.69, 9.17) is 33.0 Å². The van der Waals surface area contributed by atoms with Gasteiger partial charge in [0.15, 0.2) is 6.61 Å². The van der Waals surface area contributed by atoms with Crippen LogP contribution in [-0.4, -0.2) is 29.6 Å². The van der Waals surface area contributed by atoms with Gasteiger partial charge in [0.2, 0.25) is 0 Å². The molecule has 0 spiro atoms. The third kappa shape index (κ3) is 5.81. The molecule has 1 aromatic carbocycles. The normalized spacial score (nSPS) is 11.7.